The zero-order chi connectivity index (χ0) is 7.49. The van der Waals surface area contributed by atoms with Gasteiger partial charge >= 0.3 is 0 Å². The van der Waals surface area contributed by atoms with Crippen LogP contribution in [-0.4, -0.2) is 27.5 Å². The van der Waals surface area contributed by atoms with Crippen LogP contribution < -0.4 is 5.73 Å². The van der Waals surface area contributed by atoms with Crippen molar-refractivity contribution in [2.45, 2.75) is 25.3 Å². The highest BCUT2D eigenvalue weighted by Gasteiger charge is 2.22. The van der Waals surface area contributed by atoms with Crippen LogP contribution >= 0.6 is 0 Å². The fraction of sp³-hybridized carbons (Fsp3) is 1.00. The Morgan fingerprint density at radius 1 is 1.44 bits per heavy atom. The summed E-state index contributed by atoms with van der Waals surface area (Å²) >= 11 is 0. The Labute approximate surface area is 58.4 Å². The second-order valence-corrected chi connectivity index (χ2v) is 8.90. The summed E-state index contributed by atoms with van der Waals surface area (Å²) in [5.74, 6) is 0. The first-order valence-electron chi connectivity index (χ1n) is 3.23. The fourth-order valence-corrected chi connectivity index (χ4v) is 1.10. The molecule has 3 heteroatoms. The van der Waals surface area contributed by atoms with Gasteiger partial charge in [-0.25, -0.2) is 0 Å². The lowest BCUT2D eigenvalue weighted by Gasteiger charge is -2.23. The summed E-state index contributed by atoms with van der Waals surface area (Å²) in [5.41, 5.74) is 6.08. The summed E-state index contributed by atoms with van der Waals surface area (Å²) in [4.78, 5) is 0. The van der Waals surface area contributed by atoms with Crippen LogP contribution in [0.5, 0.6) is 0 Å². The molecule has 0 aliphatic carbocycles. The summed E-state index contributed by atoms with van der Waals surface area (Å²) in [5, 5.41) is 0. The Morgan fingerprint density at radius 3 is 2.00 bits per heavy atom. The van der Waals surface area contributed by atoms with E-state index in [1.807, 2.05) is 0 Å². The van der Waals surface area contributed by atoms with Crippen molar-refractivity contribution < 1.29 is 4.74 Å². The Balaban J connectivity index is 3.59. The van der Waals surface area contributed by atoms with E-state index >= 15 is 0 Å². The summed E-state index contributed by atoms with van der Waals surface area (Å²) in [6.07, 6.45) is 0. The molecule has 0 bridgehead atoms. The molecule has 9 heavy (non-hydrogen) atoms. The third-order valence-electron chi connectivity index (χ3n) is 1.46. The van der Waals surface area contributed by atoms with Crippen molar-refractivity contribution in [1.29, 1.82) is 0 Å². The summed E-state index contributed by atoms with van der Waals surface area (Å²) in [7, 11) is 0.566. The van der Waals surface area contributed by atoms with E-state index in [2.05, 4.69) is 19.6 Å². The van der Waals surface area contributed by atoms with Crippen LogP contribution in [0.1, 0.15) is 0 Å². The van der Waals surface area contributed by atoms with Crippen molar-refractivity contribution >= 4 is 8.07 Å². The topological polar surface area (TPSA) is 35.2 Å². The Morgan fingerprint density at radius 2 is 1.89 bits per heavy atom. The molecule has 0 fully saturated rings. The van der Waals surface area contributed by atoms with Crippen molar-refractivity contribution in [3.8, 4) is 0 Å². The molecule has 0 saturated carbocycles. The lowest BCUT2D eigenvalue weighted by molar-refractivity contribution is 0.196. The van der Waals surface area contributed by atoms with E-state index in [0.29, 0.717) is 6.61 Å². The number of nitrogens with two attached hydrogens (primary N) is 1. The molecule has 0 heterocycles. The molecular formula is C6H17NOSi. The molecule has 56 valence electrons. The minimum absolute atomic E-state index is 0.280. The van der Waals surface area contributed by atoms with Crippen molar-refractivity contribution in [2.75, 3.05) is 13.7 Å². The van der Waals surface area contributed by atoms with Gasteiger partial charge in [-0.1, -0.05) is 19.6 Å². The highest BCUT2D eigenvalue weighted by Crippen LogP contribution is 2.04. The molecule has 1 unspecified atom stereocenters. The average molecular weight is 147 g/mol. The molecule has 0 radical (unpaired) electrons. The van der Waals surface area contributed by atoms with Gasteiger partial charge in [0.15, 0.2) is 0 Å². The van der Waals surface area contributed by atoms with Crippen LogP contribution in [-0.2, 0) is 4.74 Å². The van der Waals surface area contributed by atoms with Crippen molar-refractivity contribution in [1.82, 2.24) is 0 Å². The van der Waals surface area contributed by atoms with E-state index in [1.54, 1.807) is 7.11 Å². The molecular weight excluding hydrogens is 130 g/mol. The monoisotopic (exact) mass is 147 g/mol. The maximum atomic E-state index is 5.80. The molecule has 0 spiro atoms. The molecule has 0 aliphatic rings. The Bertz CT molecular complexity index is 79.6. The van der Waals surface area contributed by atoms with Crippen LogP contribution in [0.3, 0.4) is 0 Å². The largest absolute Gasteiger partial charge is 0.383 e. The van der Waals surface area contributed by atoms with Crippen molar-refractivity contribution in [3.63, 3.8) is 0 Å². The summed E-state index contributed by atoms with van der Waals surface area (Å²) < 4.78 is 4.94. The fourth-order valence-electron chi connectivity index (χ4n) is 0.430. The highest BCUT2D eigenvalue weighted by atomic mass is 28.3. The van der Waals surface area contributed by atoms with E-state index in [4.69, 9.17) is 10.5 Å². The summed E-state index contributed by atoms with van der Waals surface area (Å²) in [6.45, 7) is 7.44. The van der Waals surface area contributed by atoms with Gasteiger partial charge in [-0.15, -0.1) is 0 Å². The third-order valence-corrected chi connectivity index (χ3v) is 3.85. The lowest BCUT2D eigenvalue weighted by Crippen LogP contribution is -2.48. The number of rotatable bonds is 3. The molecule has 0 aromatic rings. The Hall–Kier alpha value is 0.137. The molecule has 0 amide bonds. The molecule has 0 saturated heterocycles. The Kier molecular flexibility index (Phi) is 3.39. The molecule has 2 nitrogen and oxygen atoms in total. The van der Waals surface area contributed by atoms with Crippen molar-refractivity contribution in [2.24, 2.45) is 5.73 Å². The predicted octanol–water partition coefficient (Wildman–Crippen LogP) is 0.837. The molecule has 0 aromatic carbocycles. The van der Waals surface area contributed by atoms with Gasteiger partial charge in [0.25, 0.3) is 0 Å². The SMILES string of the molecule is COCC(N)[Si](C)(C)C. The normalized spacial score (nSPS) is 15.7. The maximum absolute atomic E-state index is 5.80. The standard InChI is InChI=1S/C6H17NOSi/c1-8-5-6(7)9(2,3)4/h6H,5,7H2,1-4H3. The van der Waals surface area contributed by atoms with Crippen LogP contribution in [0.2, 0.25) is 19.6 Å². The number of ether oxygens (including phenoxy) is 1. The number of methoxy groups -OCH3 is 1. The second-order valence-electron chi connectivity index (χ2n) is 3.43. The van der Waals surface area contributed by atoms with E-state index in [1.165, 1.54) is 0 Å². The lowest BCUT2D eigenvalue weighted by atomic mass is 10.7. The predicted molar refractivity (Wildman–Crippen MR) is 43.2 cm³/mol. The minimum atomic E-state index is -1.13. The van der Waals surface area contributed by atoms with Gasteiger partial charge in [-0.05, 0) is 0 Å². The van der Waals surface area contributed by atoms with Gasteiger partial charge in [0, 0.05) is 12.8 Å². The van der Waals surface area contributed by atoms with Gasteiger partial charge in [-0.3, -0.25) is 0 Å². The third kappa shape index (κ3) is 3.67. The number of hydrogen-bond donors (Lipinski definition) is 1. The molecule has 1 atom stereocenters. The van der Waals surface area contributed by atoms with E-state index < -0.39 is 8.07 Å². The van der Waals surface area contributed by atoms with Crippen LogP contribution in [0, 0.1) is 0 Å². The van der Waals surface area contributed by atoms with Gasteiger partial charge in [0.2, 0.25) is 0 Å². The molecule has 0 rings (SSSR count). The number of hydrogen-bond acceptors (Lipinski definition) is 2. The maximum Gasteiger partial charge on any atom is 0.0661 e. The van der Waals surface area contributed by atoms with Crippen molar-refractivity contribution in [3.05, 3.63) is 0 Å². The molecule has 2 N–H and O–H groups in total. The smallest absolute Gasteiger partial charge is 0.0661 e. The van der Waals surface area contributed by atoms with E-state index in [9.17, 15) is 0 Å². The van der Waals surface area contributed by atoms with Gasteiger partial charge < -0.3 is 10.5 Å². The first kappa shape index (κ1) is 9.14. The highest BCUT2D eigenvalue weighted by molar-refractivity contribution is 6.77. The molecule has 0 aromatic heterocycles. The van der Waals surface area contributed by atoms with Gasteiger partial charge in [0.1, 0.15) is 0 Å². The zero-order valence-corrected chi connectivity index (χ0v) is 7.77. The average Bonchev–Trinajstić information content (AvgIpc) is 1.64. The zero-order valence-electron chi connectivity index (χ0n) is 6.77. The van der Waals surface area contributed by atoms with Crippen LogP contribution in [0.25, 0.3) is 0 Å². The first-order valence-corrected chi connectivity index (χ1v) is 6.80. The quantitative estimate of drug-likeness (QED) is 0.600. The minimum Gasteiger partial charge on any atom is -0.383 e. The van der Waals surface area contributed by atoms with Gasteiger partial charge in [0.05, 0.1) is 14.7 Å². The first-order chi connectivity index (χ1) is 3.98. The van der Waals surface area contributed by atoms with E-state index in [-0.39, 0.29) is 5.67 Å². The van der Waals surface area contributed by atoms with Crippen LogP contribution in [0.4, 0.5) is 0 Å². The van der Waals surface area contributed by atoms with E-state index in [0.717, 1.165) is 0 Å². The summed E-state index contributed by atoms with van der Waals surface area (Å²) in [6, 6.07) is 0. The second kappa shape index (κ2) is 3.34. The van der Waals surface area contributed by atoms with Crippen LogP contribution in [0.15, 0.2) is 0 Å². The molecule has 0 aliphatic heterocycles. The van der Waals surface area contributed by atoms with Gasteiger partial charge in [-0.2, -0.15) is 0 Å².